The molecular weight excluding hydrogens is 352 g/mol. The summed E-state index contributed by atoms with van der Waals surface area (Å²) in [5.41, 5.74) is 2.42. The Balaban J connectivity index is 1.68. The molecule has 2 aromatic carbocycles. The van der Waals surface area contributed by atoms with Gasteiger partial charge in [-0.1, -0.05) is 24.3 Å². The summed E-state index contributed by atoms with van der Waals surface area (Å²) >= 11 is 0. The fraction of sp³-hybridized carbons (Fsp3) is 0.111. The Morgan fingerprint density at radius 1 is 1.12 bits per heavy atom. The Labute approximate surface area is 151 Å². The molecule has 1 amide bonds. The van der Waals surface area contributed by atoms with E-state index in [1.54, 1.807) is 36.8 Å². The van der Waals surface area contributed by atoms with E-state index in [0.717, 1.165) is 17.5 Å². The van der Waals surface area contributed by atoms with Crippen molar-refractivity contribution in [3.8, 4) is 5.69 Å². The number of rotatable bonds is 6. The van der Waals surface area contributed by atoms with Crippen LogP contribution in [0.25, 0.3) is 5.69 Å². The van der Waals surface area contributed by atoms with Gasteiger partial charge in [0.1, 0.15) is 0 Å². The maximum absolute atomic E-state index is 12.4. The molecule has 3 rings (SSSR count). The van der Waals surface area contributed by atoms with E-state index in [1.165, 1.54) is 0 Å². The molecule has 0 aliphatic heterocycles. The summed E-state index contributed by atoms with van der Waals surface area (Å²) in [5, 5.41) is 2.80. The highest BCUT2D eigenvalue weighted by molar-refractivity contribution is 7.92. The molecule has 0 unspecified atom stereocenters. The normalized spacial score (nSPS) is 11.1. The Kier molecular flexibility index (Phi) is 5.04. The molecule has 3 aromatic rings. The second-order valence-electron chi connectivity index (χ2n) is 5.74. The third kappa shape index (κ3) is 4.48. The highest BCUT2D eigenvalue weighted by Crippen LogP contribution is 2.16. The van der Waals surface area contributed by atoms with Crippen LogP contribution >= 0.6 is 0 Å². The summed E-state index contributed by atoms with van der Waals surface area (Å²) in [5.74, 6) is -0.351. The number of benzene rings is 2. The van der Waals surface area contributed by atoms with Crippen molar-refractivity contribution >= 4 is 21.6 Å². The molecule has 2 N–H and O–H groups in total. The average molecular weight is 370 g/mol. The number of sulfonamides is 1. The summed E-state index contributed by atoms with van der Waals surface area (Å²) in [4.78, 5) is 16.4. The zero-order valence-electron chi connectivity index (χ0n) is 14.1. The highest BCUT2D eigenvalue weighted by Gasteiger charge is 2.13. The van der Waals surface area contributed by atoms with Crippen molar-refractivity contribution in [3.05, 3.63) is 78.4 Å². The molecule has 134 valence electrons. The Morgan fingerprint density at radius 2 is 1.85 bits per heavy atom. The van der Waals surface area contributed by atoms with Crippen molar-refractivity contribution in [2.24, 2.45) is 0 Å². The lowest BCUT2D eigenvalue weighted by Gasteiger charge is -2.11. The van der Waals surface area contributed by atoms with Crippen molar-refractivity contribution in [2.75, 3.05) is 11.0 Å². The van der Waals surface area contributed by atoms with Gasteiger partial charge in [-0.15, -0.1) is 0 Å². The number of para-hydroxylation sites is 1. The third-order valence-electron chi connectivity index (χ3n) is 3.66. The molecule has 0 aliphatic rings. The zero-order valence-corrected chi connectivity index (χ0v) is 14.9. The molecule has 0 saturated carbocycles. The number of anilines is 1. The molecule has 0 spiro atoms. The monoisotopic (exact) mass is 370 g/mol. The lowest BCUT2D eigenvalue weighted by Crippen LogP contribution is -2.24. The number of hydrogen-bond acceptors (Lipinski definition) is 4. The van der Waals surface area contributed by atoms with Crippen LogP contribution in [0.15, 0.2) is 67.3 Å². The molecule has 8 heteroatoms. The van der Waals surface area contributed by atoms with Crippen LogP contribution in [0.5, 0.6) is 0 Å². The Bertz CT molecular complexity index is 997. The van der Waals surface area contributed by atoms with Gasteiger partial charge in [0.05, 0.1) is 23.8 Å². The number of hydrogen-bond donors (Lipinski definition) is 2. The smallest absolute Gasteiger partial charge is 0.253 e. The number of amides is 1. The third-order valence-corrected chi connectivity index (χ3v) is 4.25. The standard InChI is InChI=1S/C18H18N4O3S/c1-26(24,25)21-17-5-3-2-4-16(17)18(23)20-12-14-6-8-15(9-7-14)22-11-10-19-13-22/h2-11,13,21H,12H2,1H3,(H,20,23). The molecule has 26 heavy (non-hydrogen) atoms. The fourth-order valence-corrected chi connectivity index (χ4v) is 3.02. The maximum atomic E-state index is 12.4. The van der Waals surface area contributed by atoms with Crippen LogP contribution in [0.2, 0.25) is 0 Å². The van der Waals surface area contributed by atoms with Gasteiger partial charge in [-0.3, -0.25) is 9.52 Å². The first-order chi connectivity index (χ1) is 12.4. The average Bonchev–Trinajstić information content (AvgIpc) is 3.14. The molecule has 1 heterocycles. The molecule has 0 saturated heterocycles. The van der Waals surface area contributed by atoms with Gasteiger partial charge in [-0.2, -0.15) is 0 Å². The quantitative estimate of drug-likeness (QED) is 0.695. The number of carbonyl (C=O) groups excluding carboxylic acids is 1. The molecule has 0 radical (unpaired) electrons. The topological polar surface area (TPSA) is 93.1 Å². The first kappa shape index (κ1) is 17.7. The van der Waals surface area contributed by atoms with E-state index >= 15 is 0 Å². The fourth-order valence-electron chi connectivity index (χ4n) is 2.45. The van der Waals surface area contributed by atoms with Gasteiger partial charge in [0.15, 0.2) is 0 Å². The van der Waals surface area contributed by atoms with Crippen molar-refractivity contribution in [1.29, 1.82) is 0 Å². The first-order valence-corrected chi connectivity index (χ1v) is 9.74. The van der Waals surface area contributed by atoms with Crippen LogP contribution in [0.3, 0.4) is 0 Å². The van der Waals surface area contributed by atoms with Gasteiger partial charge in [0.2, 0.25) is 10.0 Å². The van der Waals surface area contributed by atoms with Gasteiger partial charge < -0.3 is 9.88 Å². The van der Waals surface area contributed by atoms with Crippen LogP contribution in [0.4, 0.5) is 5.69 Å². The molecular formula is C18H18N4O3S. The number of aromatic nitrogens is 2. The van der Waals surface area contributed by atoms with Crippen molar-refractivity contribution in [1.82, 2.24) is 14.9 Å². The molecule has 0 bridgehead atoms. The summed E-state index contributed by atoms with van der Waals surface area (Å²) in [7, 11) is -3.46. The lowest BCUT2D eigenvalue weighted by molar-refractivity contribution is 0.0952. The van der Waals surface area contributed by atoms with Crippen LogP contribution in [0.1, 0.15) is 15.9 Å². The second-order valence-corrected chi connectivity index (χ2v) is 7.49. The van der Waals surface area contributed by atoms with Gasteiger partial charge in [0, 0.05) is 24.6 Å². The number of nitrogens with one attached hydrogen (secondary N) is 2. The second kappa shape index (κ2) is 7.40. The molecule has 0 fully saturated rings. The largest absolute Gasteiger partial charge is 0.348 e. The summed E-state index contributed by atoms with van der Waals surface area (Å²) in [6.07, 6.45) is 6.31. The Morgan fingerprint density at radius 3 is 2.50 bits per heavy atom. The number of imidazole rings is 1. The molecule has 0 aliphatic carbocycles. The Hall–Kier alpha value is -3.13. The highest BCUT2D eigenvalue weighted by atomic mass is 32.2. The van der Waals surface area contributed by atoms with Crippen LogP contribution in [-0.2, 0) is 16.6 Å². The van der Waals surface area contributed by atoms with E-state index < -0.39 is 10.0 Å². The van der Waals surface area contributed by atoms with Gasteiger partial charge in [-0.25, -0.2) is 13.4 Å². The minimum atomic E-state index is -3.46. The number of carbonyl (C=O) groups is 1. The van der Waals surface area contributed by atoms with E-state index in [9.17, 15) is 13.2 Å². The molecule has 0 atom stereocenters. The number of nitrogens with zero attached hydrogens (tertiary/aromatic N) is 2. The summed E-state index contributed by atoms with van der Waals surface area (Å²) in [6.45, 7) is 0.330. The van der Waals surface area contributed by atoms with E-state index in [4.69, 9.17) is 0 Å². The molecule has 1 aromatic heterocycles. The van der Waals surface area contributed by atoms with E-state index in [0.29, 0.717) is 6.54 Å². The minimum absolute atomic E-state index is 0.253. The summed E-state index contributed by atoms with van der Waals surface area (Å²) < 4.78 is 27.1. The van der Waals surface area contributed by atoms with Crippen LogP contribution < -0.4 is 10.0 Å². The van der Waals surface area contributed by atoms with Crippen molar-refractivity contribution in [3.63, 3.8) is 0 Å². The van der Waals surface area contributed by atoms with E-state index in [-0.39, 0.29) is 17.2 Å². The van der Waals surface area contributed by atoms with Crippen molar-refractivity contribution < 1.29 is 13.2 Å². The van der Waals surface area contributed by atoms with Crippen LogP contribution in [0, 0.1) is 0 Å². The first-order valence-electron chi connectivity index (χ1n) is 7.85. The minimum Gasteiger partial charge on any atom is -0.348 e. The zero-order chi connectivity index (χ0) is 18.6. The van der Waals surface area contributed by atoms with E-state index in [1.807, 2.05) is 35.0 Å². The lowest BCUT2D eigenvalue weighted by atomic mass is 10.1. The van der Waals surface area contributed by atoms with Gasteiger partial charge in [0.25, 0.3) is 5.91 Å². The van der Waals surface area contributed by atoms with Crippen molar-refractivity contribution in [2.45, 2.75) is 6.54 Å². The summed E-state index contributed by atoms with van der Waals surface area (Å²) in [6, 6.07) is 14.2. The van der Waals surface area contributed by atoms with Gasteiger partial charge >= 0.3 is 0 Å². The SMILES string of the molecule is CS(=O)(=O)Nc1ccccc1C(=O)NCc1ccc(-n2ccnc2)cc1. The maximum Gasteiger partial charge on any atom is 0.253 e. The van der Waals surface area contributed by atoms with Gasteiger partial charge in [-0.05, 0) is 29.8 Å². The van der Waals surface area contributed by atoms with Crippen LogP contribution in [-0.4, -0.2) is 30.1 Å². The molecule has 7 nitrogen and oxygen atoms in total. The van der Waals surface area contributed by atoms with E-state index in [2.05, 4.69) is 15.0 Å². The predicted octanol–water partition coefficient (Wildman–Crippen LogP) is 2.17. The predicted molar refractivity (Wildman–Crippen MR) is 99.6 cm³/mol.